The van der Waals surface area contributed by atoms with Crippen LogP contribution >= 0.6 is 11.8 Å². The summed E-state index contributed by atoms with van der Waals surface area (Å²) >= 11 is 1.71. The number of thioether (sulfide) groups is 1. The van der Waals surface area contributed by atoms with Gasteiger partial charge in [-0.3, -0.25) is 0 Å². The van der Waals surface area contributed by atoms with Gasteiger partial charge in [0, 0.05) is 16.4 Å². The molecule has 0 spiro atoms. The van der Waals surface area contributed by atoms with Crippen LogP contribution in [0.25, 0.3) is 5.76 Å². The molecule has 2 aromatic rings. The predicted octanol–water partition coefficient (Wildman–Crippen LogP) is 4.57. The maximum atomic E-state index is 9.68. The van der Waals surface area contributed by atoms with Gasteiger partial charge in [0.25, 0.3) is 0 Å². The van der Waals surface area contributed by atoms with E-state index in [1.165, 1.54) is 10.5 Å². The van der Waals surface area contributed by atoms with Crippen LogP contribution in [0.15, 0.2) is 70.5 Å². The second-order valence-corrected chi connectivity index (χ2v) is 7.09. The summed E-state index contributed by atoms with van der Waals surface area (Å²) in [5, 5.41) is 9.68. The summed E-state index contributed by atoms with van der Waals surface area (Å²) in [5.41, 5.74) is 11.2. The van der Waals surface area contributed by atoms with E-state index < -0.39 is 0 Å². The lowest BCUT2D eigenvalue weighted by molar-refractivity contribution is 0.349. The number of benzene rings is 2. The molecular weight excluding hydrogens is 328 g/mol. The van der Waals surface area contributed by atoms with Crippen molar-refractivity contribution in [1.82, 2.24) is 0 Å². The Balaban J connectivity index is 1.88. The Hall–Kier alpha value is -2.64. The van der Waals surface area contributed by atoms with Crippen molar-refractivity contribution in [2.24, 2.45) is 5.73 Å². The van der Waals surface area contributed by atoms with Gasteiger partial charge in [0.2, 0.25) is 5.88 Å². The molecule has 3 nitrogen and oxygen atoms in total. The van der Waals surface area contributed by atoms with Gasteiger partial charge >= 0.3 is 0 Å². The lowest BCUT2D eigenvalue weighted by Gasteiger charge is -2.33. The van der Waals surface area contributed by atoms with Crippen LogP contribution in [0.3, 0.4) is 0 Å². The fraction of sp³-hybridized carbons (Fsp3) is 0.190. The van der Waals surface area contributed by atoms with Crippen molar-refractivity contribution in [1.29, 1.82) is 5.26 Å². The zero-order valence-electron chi connectivity index (χ0n) is 14.0. The van der Waals surface area contributed by atoms with E-state index in [2.05, 4.69) is 48.7 Å². The van der Waals surface area contributed by atoms with E-state index in [9.17, 15) is 5.26 Å². The zero-order valence-corrected chi connectivity index (χ0v) is 14.8. The first kappa shape index (κ1) is 15.9. The van der Waals surface area contributed by atoms with Gasteiger partial charge in [0.05, 0.1) is 0 Å². The van der Waals surface area contributed by atoms with E-state index in [-0.39, 0.29) is 11.8 Å². The molecule has 2 aliphatic rings. The highest BCUT2D eigenvalue weighted by molar-refractivity contribution is 7.98. The number of hydrogen-bond acceptors (Lipinski definition) is 4. The van der Waals surface area contributed by atoms with E-state index in [0.717, 1.165) is 35.3 Å². The van der Waals surface area contributed by atoms with Gasteiger partial charge in [-0.25, -0.2) is 0 Å². The van der Waals surface area contributed by atoms with Crippen molar-refractivity contribution in [3.05, 3.63) is 82.3 Å². The fourth-order valence-corrected chi connectivity index (χ4v) is 4.09. The van der Waals surface area contributed by atoms with Gasteiger partial charge in [-0.15, -0.1) is 11.8 Å². The summed E-state index contributed by atoms with van der Waals surface area (Å²) in [6, 6.07) is 18.9. The van der Waals surface area contributed by atoms with Crippen LogP contribution in [-0.2, 0) is 11.2 Å². The Labute approximate surface area is 151 Å². The summed E-state index contributed by atoms with van der Waals surface area (Å²) < 4.78 is 5.93. The van der Waals surface area contributed by atoms with Gasteiger partial charge in [-0.2, -0.15) is 5.26 Å². The third-order valence-electron chi connectivity index (χ3n) is 4.90. The molecule has 0 amide bonds. The number of fused-ring (bicyclic) bond motifs is 2. The van der Waals surface area contributed by atoms with Crippen molar-refractivity contribution in [2.45, 2.75) is 23.7 Å². The van der Waals surface area contributed by atoms with Crippen LogP contribution in [0.1, 0.15) is 29.0 Å². The summed E-state index contributed by atoms with van der Waals surface area (Å²) in [6.45, 7) is 0. The molecule has 1 heterocycles. The van der Waals surface area contributed by atoms with E-state index in [1.807, 2.05) is 12.1 Å². The van der Waals surface area contributed by atoms with Crippen LogP contribution in [-0.4, -0.2) is 6.26 Å². The summed E-state index contributed by atoms with van der Waals surface area (Å²) in [4.78, 5) is 1.20. The molecule has 1 atom stereocenters. The lowest BCUT2D eigenvalue weighted by Crippen LogP contribution is -2.23. The van der Waals surface area contributed by atoms with Crippen LogP contribution in [0, 0.1) is 11.3 Å². The number of allylic oxidation sites excluding steroid dienone is 2. The van der Waals surface area contributed by atoms with Gasteiger partial charge in [-0.1, -0.05) is 36.4 Å². The fourth-order valence-electron chi connectivity index (χ4n) is 3.68. The number of nitriles is 1. The normalized spacial score (nSPS) is 19.0. The first-order chi connectivity index (χ1) is 12.2. The molecule has 0 saturated carbocycles. The van der Waals surface area contributed by atoms with Crippen LogP contribution < -0.4 is 5.73 Å². The Morgan fingerprint density at radius 3 is 2.60 bits per heavy atom. The number of hydrogen-bond donors (Lipinski definition) is 1. The largest absolute Gasteiger partial charge is 0.440 e. The molecule has 0 radical (unpaired) electrons. The molecule has 0 bridgehead atoms. The minimum absolute atomic E-state index is 0.127. The Kier molecular flexibility index (Phi) is 4.03. The first-order valence-corrected chi connectivity index (χ1v) is 9.48. The van der Waals surface area contributed by atoms with Crippen molar-refractivity contribution >= 4 is 17.5 Å². The molecule has 25 heavy (non-hydrogen) atoms. The summed E-state index contributed by atoms with van der Waals surface area (Å²) in [5.74, 6) is 0.923. The minimum atomic E-state index is -0.127. The number of nitrogens with zero attached hydrogens (tertiary/aromatic N) is 1. The number of aryl methyl sites for hydroxylation is 1. The van der Waals surface area contributed by atoms with Gasteiger partial charge < -0.3 is 10.5 Å². The smallest absolute Gasteiger partial charge is 0.205 e. The second-order valence-electron chi connectivity index (χ2n) is 6.21. The number of nitrogens with two attached hydrogens (primary N) is 1. The Bertz CT molecular complexity index is 935. The third-order valence-corrected chi connectivity index (χ3v) is 5.65. The minimum Gasteiger partial charge on any atom is -0.440 e. The maximum Gasteiger partial charge on any atom is 0.205 e. The molecule has 124 valence electrons. The quantitative estimate of drug-likeness (QED) is 0.809. The summed E-state index contributed by atoms with van der Waals surface area (Å²) in [7, 11) is 0. The molecule has 0 aromatic heterocycles. The highest BCUT2D eigenvalue weighted by Gasteiger charge is 2.35. The van der Waals surface area contributed by atoms with Crippen molar-refractivity contribution in [3.8, 4) is 6.07 Å². The van der Waals surface area contributed by atoms with E-state index in [0.29, 0.717) is 5.57 Å². The number of rotatable bonds is 2. The lowest BCUT2D eigenvalue weighted by atomic mass is 9.77. The van der Waals surface area contributed by atoms with Crippen LogP contribution in [0.5, 0.6) is 0 Å². The first-order valence-electron chi connectivity index (χ1n) is 8.25. The van der Waals surface area contributed by atoms with Gasteiger partial charge in [-0.05, 0) is 47.9 Å². The molecule has 2 aromatic carbocycles. The molecule has 2 N–H and O–H groups in total. The maximum absolute atomic E-state index is 9.68. The molecule has 0 saturated heterocycles. The number of ether oxygens (including phenoxy) is 1. The van der Waals surface area contributed by atoms with Gasteiger partial charge in [0.15, 0.2) is 0 Å². The van der Waals surface area contributed by atoms with Crippen molar-refractivity contribution in [3.63, 3.8) is 0 Å². The predicted molar refractivity (Wildman–Crippen MR) is 101 cm³/mol. The summed E-state index contributed by atoms with van der Waals surface area (Å²) in [6.07, 6.45) is 3.89. The highest BCUT2D eigenvalue weighted by Crippen LogP contribution is 2.47. The van der Waals surface area contributed by atoms with Crippen molar-refractivity contribution in [2.75, 3.05) is 6.26 Å². The SMILES string of the molecule is CSc1ccc([C@@H]2C(C#N)=C(N)OC3=C2CCc2ccccc23)cc1. The molecular formula is C21H18N2OS. The molecule has 0 unspecified atom stereocenters. The third kappa shape index (κ3) is 2.61. The molecule has 4 heteroatoms. The average Bonchev–Trinajstić information content (AvgIpc) is 2.67. The molecule has 0 fully saturated rings. The zero-order chi connectivity index (χ0) is 17.4. The molecule has 4 rings (SSSR count). The van der Waals surface area contributed by atoms with E-state index in [1.54, 1.807) is 11.8 Å². The van der Waals surface area contributed by atoms with Gasteiger partial charge in [0.1, 0.15) is 17.4 Å². The van der Waals surface area contributed by atoms with Crippen LogP contribution in [0.4, 0.5) is 0 Å². The Morgan fingerprint density at radius 1 is 1.12 bits per heavy atom. The standard InChI is InChI=1S/C21H18N2OS/c1-25-15-9-6-14(7-10-15)19-17-11-8-13-4-2-3-5-16(13)20(17)24-21(23)18(19)12-22/h2-7,9-10,19H,8,11,23H2,1H3/t19-/m0/s1. The average molecular weight is 346 g/mol. The second kappa shape index (κ2) is 6.34. The molecule has 1 aliphatic carbocycles. The van der Waals surface area contributed by atoms with Crippen LogP contribution in [0.2, 0.25) is 0 Å². The highest BCUT2D eigenvalue weighted by atomic mass is 32.2. The van der Waals surface area contributed by atoms with E-state index in [4.69, 9.17) is 10.5 Å². The monoisotopic (exact) mass is 346 g/mol. The molecule has 1 aliphatic heterocycles. The van der Waals surface area contributed by atoms with Crippen molar-refractivity contribution < 1.29 is 4.74 Å². The Morgan fingerprint density at radius 2 is 1.88 bits per heavy atom. The van der Waals surface area contributed by atoms with E-state index >= 15 is 0 Å². The topological polar surface area (TPSA) is 59.0 Å².